The Bertz CT molecular complexity index is 542. The molecule has 1 aromatic carbocycles. The van der Waals surface area contributed by atoms with Gasteiger partial charge >= 0.3 is 0 Å². The van der Waals surface area contributed by atoms with Crippen LogP contribution in [0.4, 0.5) is 4.39 Å². The Morgan fingerprint density at radius 2 is 2.10 bits per heavy atom. The predicted molar refractivity (Wildman–Crippen MR) is 73.4 cm³/mol. The summed E-state index contributed by atoms with van der Waals surface area (Å²) in [7, 11) is 0. The van der Waals surface area contributed by atoms with Gasteiger partial charge in [-0.2, -0.15) is 0 Å². The fourth-order valence-electron chi connectivity index (χ4n) is 2.29. The molecule has 0 radical (unpaired) electrons. The number of hydrogen-bond donors (Lipinski definition) is 2. The maximum absolute atomic E-state index is 13.7. The van der Waals surface area contributed by atoms with E-state index in [0.29, 0.717) is 31.0 Å². The molecule has 108 valence electrons. The molecule has 1 amide bonds. The highest BCUT2D eigenvalue weighted by Crippen LogP contribution is 2.22. The van der Waals surface area contributed by atoms with Crippen LogP contribution in [0.2, 0.25) is 5.02 Å². The number of halogens is 2. The molecule has 3 N–H and O–H groups in total. The standard InChI is InChI=1S/C13H15ClFN3O2/c14-9-1-2-11(15)10(7-9)13(19)18-5-3-8(4-6-18)12(16)17-20/h1-2,7-8,20H,3-6H2,(H2,16,17). The number of piperidine rings is 1. The maximum atomic E-state index is 13.7. The highest BCUT2D eigenvalue weighted by atomic mass is 35.5. The van der Waals surface area contributed by atoms with Crippen LogP contribution >= 0.6 is 11.6 Å². The fourth-order valence-corrected chi connectivity index (χ4v) is 2.46. The van der Waals surface area contributed by atoms with Gasteiger partial charge in [-0.3, -0.25) is 4.79 Å². The van der Waals surface area contributed by atoms with Gasteiger partial charge in [-0.1, -0.05) is 16.8 Å². The summed E-state index contributed by atoms with van der Waals surface area (Å²) in [5, 5.41) is 11.9. The molecule has 1 aliphatic rings. The van der Waals surface area contributed by atoms with Gasteiger partial charge in [0, 0.05) is 24.0 Å². The van der Waals surface area contributed by atoms with Crippen molar-refractivity contribution in [3.63, 3.8) is 0 Å². The van der Waals surface area contributed by atoms with E-state index in [2.05, 4.69) is 5.16 Å². The average Bonchev–Trinajstić information content (AvgIpc) is 2.48. The van der Waals surface area contributed by atoms with E-state index >= 15 is 0 Å². The molecule has 1 fully saturated rings. The van der Waals surface area contributed by atoms with Gasteiger partial charge in [-0.15, -0.1) is 0 Å². The molecule has 1 aromatic rings. The Labute approximate surface area is 120 Å². The Balaban J connectivity index is 2.07. The van der Waals surface area contributed by atoms with Crippen LogP contribution in [0.5, 0.6) is 0 Å². The van der Waals surface area contributed by atoms with Crippen LogP contribution in [0.15, 0.2) is 23.4 Å². The Kier molecular flexibility index (Phi) is 4.44. The third kappa shape index (κ3) is 3.01. The van der Waals surface area contributed by atoms with Gasteiger partial charge in [-0.05, 0) is 31.0 Å². The summed E-state index contributed by atoms with van der Waals surface area (Å²) in [6.07, 6.45) is 1.17. The lowest BCUT2D eigenvalue weighted by Crippen LogP contribution is -2.42. The van der Waals surface area contributed by atoms with Crippen molar-refractivity contribution in [2.45, 2.75) is 12.8 Å². The van der Waals surface area contributed by atoms with Gasteiger partial charge in [0.1, 0.15) is 11.7 Å². The fraction of sp³-hybridized carbons (Fsp3) is 0.385. The van der Waals surface area contributed by atoms with Gasteiger partial charge < -0.3 is 15.8 Å². The van der Waals surface area contributed by atoms with Gasteiger partial charge in [0.15, 0.2) is 0 Å². The number of carbonyl (C=O) groups excluding carboxylic acids is 1. The van der Waals surface area contributed by atoms with Crippen molar-refractivity contribution >= 4 is 23.3 Å². The highest BCUT2D eigenvalue weighted by Gasteiger charge is 2.27. The first kappa shape index (κ1) is 14.6. The summed E-state index contributed by atoms with van der Waals surface area (Å²) >= 11 is 5.79. The van der Waals surface area contributed by atoms with E-state index in [0.717, 1.165) is 0 Å². The third-order valence-electron chi connectivity index (χ3n) is 3.47. The van der Waals surface area contributed by atoms with Crippen molar-refractivity contribution in [3.8, 4) is 0 Å². The SMILES string of the molecule is NC(=NO)C1CCN(C(=O)c2cc(Cl)ccc2F)CC1. The minimum absolute atomic E-state index is 0.0280. The van der Waals surface area contributed by atoms with E-state index in [1.807, 2.05) is 0 Å². The van der Waals surface area contributed by atoms with Crippen LogP contribution in [0, 0.1) is 11.7 Å². The van der Waals surface area contributed by atoms with E-state index in [9.17, 15) is 9.18 Å². The maximum Gasteiger partial charge on any atom is 0.256 e. The van der Waals surface area contributed by atoms with Crippen LogP contribution in [0.25, 0.3) is 0 Å². The van der Waals surface area contributed by atoms with Crippen molar-refractivity contribution in [1.82, 2.24) is 4.90 Å². The molecule has 1 saturated heterocycles. The van der Waals surface area contributed by atoms with Crippen LogP contribution in [0.3, 0.4) is 0 Å². The summed E-state index contributed by atoms with van der Waals surface area (Å²) < 4.78 is 13.7. The van der Waals surface area contributed by atoms with E-state index in [1.54, 1.807) is 4.90 Å². The summed E-state index contributed by atoms with van der Waals surface area (Å²) in [6, 6.07) is 3.91. The Hall–Kier alpha value is -1.82. The number of rotatable bonds is 2. The van der Waals surface area contributed by atoms with Crippen LogP contribution in [0.1, 0.15) is 23.2 Å². The monoisotopic (exact) mass is 299 g/mol. The molecule has 0 unspecified atom stereocenters. The number of amides is 1. The Morgan fingerprint density at radius 1 is 1.45 bits per heavy atom. The number of hydrogen-bond acceptors (Lipinski definition) is 3. The average molecular weight is 300 g/mol. The van der Waals surface area contributed by atoms with Crippen molar-refractivity contribution < 1.29 is 14.4 Å². The van der Waals surface area contributed by atoms with Crippen LogP contribution in [-0.2, 0) is 0 Å². The molecule has 0 aliphatic carbocycles. The minimum Gasteiger partial charge on any atom is -0.409 e. The summed E-state index contributed by atoms with van der Waals surface area (Å²) in [4.78, 5) is 13.8. The molecule has 0 aromatic heterocycles. The molecule has 0 bridgehead atoms. The minimum atomic E-state index is -0.585. The normalized spacial score (nSPS) is 17.3. The molecule has 5 nitrogen and oxygen atoms in total. The van der Waals surface area contributed by atoms with Crippen molar-refractivity contribution in [3.05, 3.63) is 34.6 Å². The number of nitrogens with zero attached hydrogens (tertiary/aromatic N) is 2. The lowest BCUT2D eigenvalue weighted by Gasteiger charge is -2.31. The number of oxime groups is 1. The topological polar surface area (TPSA) is 78.9 Å². The lowest BCUT2D eigenvalue weighted by atomic mass is 9.95. The van der Waals surface area contributed by atoms with Crippen molar-refractivity contribution in [1.29, 1.82) is 0 Å². The van der Waals surface area contributed by atoms with Gasteiger partial charge in [-0.25, -0.2) is 4.39 Å². The number of nitrogens with two attached hydrogens (primary N) is 1. The zero-order chi connectivity index (χ0) is 14.7. The number of amidine groups is 1. The Morgan fingerprint density at radius 3 is 2.70 bits per heavy atom. The first-order chi connectivity index (χ1) is 9.52. The predicted octanol–water partition coefficient (Wildman–Crippen LogP) is 2.08. The number of likely N-dealkylation sites (tertiary alicyclic amines) is 1. The molecule has 0 atom stereocenters. The van der Waals surface area contributed by atoms with E-state index in [-0.39, 0.29) is 23.2 Å². The molecule has 1 aliphatic heterocycles. The summed E-state index contributed by atoms with van der Waals surface area (Å²) in [5.74, 6) is -0.847. The van der Waals surface area contributed by atoms with E-state index in [4.69, 9.17) is 22.5 Å². The number of benzene rings is 1. The molecule has 0 spiro atoms. The molecule has 2 rings (SSSR count). The van der Waals surface area contributed by atoms with Gasteiger partial charge in [0.25, 0.3) is 5.91 Å². The molecule has 0 saturated carbocycles. The van der Waals surface area contributed by atoms with Gasteiger partial charge in [0.05, 0.1) is 5.56 Å². The van der Waals surface area contributed by atoms with Crippen LogP contribution < -0.4 is 5.73 Å². The summed E-state index contributed by atoms with van der Waals surface area (Å²) in [5.41, 5.74) is 5.52. The summed E-state index contributed by atoms with van der Waals surface area (Å²) in [6.45, 7) is 0.872. The smallest absolute Gasteiger partial charge is 0.256 e. The molecular weight excluding hydrogens is 285 g/mol. The second kappa shape index (κ2) is 6.09. The molecular formula is C13H15ClFN3O2. The molecule has 20 heavy (non-hydrogen) atoms. The number of carbonyl (C=O) groups is 1. The zero-order valence-corrected chi connectivity index (χ0v) is 11.5. The largest absolute Gasteiger partial charge is 0.409 e. The van der Waals surface area contributed by atoms with Crippen LogP contribution in [-0.4, -0.2) is 34.9 Å². The second-order valence-corrected chi connectivity index (χ2v) is 5.15. The zero-order valence-electron chi connectivity index (χ0n) is 10.7. The second-order valence-electron chi connectivity index (χ2n) is 4.72. The molecule has 7 heteroatoms. The highest BCUT2D eigenvalue weighted by molar-refractivity contribution is 6.31. The van der Waals surface area contributed by atoms with E-state index < -0.39 is 5.82 Å². The third-order valence-corrected chi connectivity index (χ3v) is 3.71. The van der Waals surface area contributed by atoms with Crippen molar-refractivity contribution in [2.24, 2.45) is 16.8 Å². The first-order valence-corrected chi connectivity index (χ1v) is 6.62. The quantitative estimate of drug-likeness (QED) is 0.380. The first-order valence-electron chi connectivity index (χ1n) is 6.24. The van der Waals surface area contributed by atoms with Crippen molar-refractivity contribution in [2.75, 3.05) is 13.1 Å². The van der Waals surface area contributed by atoms with E-state index in [1.165, 1.54) is 18.2 Å². The lowest BCUT2D eigenvalue weighted by molar-refractivity contribution is 0.0704. The van der Waals surface area contributed by atoms with Gasteiger partial charge in [0.2, 0.25) is 0 Å². The molecule has 1 heterocycles.